The molecule has 1 rings (SSSR count). The third kappa shape index (κ3) is 2.88. The molecule has 0 atom stereocenters. The minimum Gasteiger partial charge on any atom is -0.361 e. The molecule has 0 aliphatic heterocycles. The Hall–Kier alpha value is -0.760. The first-order chi connectivity index (χ1) is 5.89. The van der Waals surface area contributed by atoms with Gasteiger partial charge in [0.1, 0.15) is 0 Å². The lowest BCUT2D eigenvalue weighted by Gasteiger charge is -2.16. The summed E-state index contributed by atoms with van der Waals surface area (Å²) in [7, 11) is 4.16. The van der Waals surface area contributed by atoms with E-state index in [9.17, 15) is 0 Å². The van der Waals surface area contributed by atoms with Crippen molar-refractivity contribution in [3.63, 3.8) is 0 Å². The molecule has 0 radical (unpaired) electrons. The Kier molecular flexibility index (Phi) is 2.81. The average molecular weight is 180 g/mol. The highest BCUT2D eigenvalue weighted by atomic mass is 15.1. The molecule has 0 bridgehead atoms. The molecule has 74 valence electrons. The molecule has 2 nitrogen and oxygen atoms in total. The van der Waals surface area contributed by atoms with Gasteiger partial charge in [-0.15, -0.1) is 0 Å². The maximum absolute atomic E-state index is 3.44. The van der Waals surface area contributed by atoms with Crippen molar-refractivity contribution < 1.29 is 0 Å². The van der Waals surface area contributed by atoms with Crippen LogP contribution < -0.4 is 0 Å². The van der Waals surface area contributed by atoms with Gasteiger partial charge in [-0.3, -0.25) is 0 Å². The summed E-state index contributed by atoms with van der Waals surface area (Å²) in [6, 6.07) is 4.35. The van der Waals surface area contributed by atoms with Gasteiger partial charge in [0.2, 0.25) is 0 Å². The van der Waals surface area contributed by atoms with Crippen molar-refractivity contribution in [2.24, 2.45) is 0 Å². The SMILES string of the molecule is CN(C)Cc1ccc(C(C)(C)C)[nH]1. The minimum absolute atomic E-state index is 0.227. The van der Waals surface area contributed by atoms with E-state index in [1.165, 1.54) is 11.4 Å². The topological polar surface area (TPSA) is 19.0 Å². The predicted octanol–water partition coefficient (Wildman–Crippen LogP) is 2.37. The predicted molar refractivity (Wildman–Crippen MR) is 56.9 cm³/mol. The lowest BCUT2D eigenvalue weighted by molar-refractivity contribution is 0.396. The number of hydrogen-bond acceptors (Lipinski definition) is 1. The van der Waals surface area contributed by atoms with Crippen LogP contribution in [0.4, 0.5) is 0 Å². The van der Waals surface area contributed by atoms with Gasteiger partial charge >= 0.3 is 0 Å². The van der Waals surface area contributed by atoms with Crippen molar-refractivity contribution in [1.82, 2.24) is 9.88 Å². The fraction of sp³-hybridized carbons (Fsp3) is 0.636. The molecule has 13 heavy (non-hydrogen) atoms. The standard InChI is InChI=1S/C11H20N2/c1-11(2,3)10-7-6-9(12-10)8-13(4)5/h6-7,12H,8H2,1-5H3. The molecule has 0 aromatic carbocycles. The summed E-state index contributed by atoms with van der Waals surface area (Å²) >= 11 is 0. The molecule has 1 aromatic heterocycles. The van der Waals surface area contributed by atoms with Gasteiger partial charge < -0.3 is 9.88 Å². The maximum Gasteiger partial charge on any atom is 0.0379 e. The summed E-state index contributed by atoms with van der Waals surface area (Å²) in [5.41, 5.74) is 2.82. The van der Waals surface area contributed by atoms with Crippen LogP contribution in [0.1, 0.15) is 32.2 Å². The van der Waals surface area contributed by atoms with Crippen LogP contribution in [0.5, 0.6) is 0 Å². The third-order valence-electron chi connectivity index (χ3n) is 2.04. The number of nitrogens with one attached hydrogen (secondary N) is 1. The van der Waals surface area contributed by atoms with Crippen LogP contribution in [-0.4, -0.2) is 24.0 Å². The molecule has 0 saturated heterocycles. The summed E-state index contributed by atoms with van der Waals surface area (Å²) in [5.74, 6) is 0. The van der Waals surface area contributed by atoms with Crippen molar-refractivity contribution >= 4 is 0 Å². The molecule has 0 fully saturated rings. The van der Waals surface area contributed by atoms with E-state index < -0.39 is 0 Å². The van der Waals surface area contributed by atoms with Crippen LogP contribution >= 0.6 is 0 Å². The van der Waals surface area contributed by atoms with E-state index in [0.717, 1.165) is 6.54 Å². The van der Waals surface area contributed by atoms with Crippen LogP contribution in [0.3, 0.4) is 0 Å². The first-order valence-corrected chi connectivity index (χ1v) is 4.72. The fourth-order valence-electron chi connectivity index (χ4n) is 1.31. The second-order valence-corrected chi connectivity index (χ2v) is 4.89. The van der Waals surface area contributed by atoms with E-state index in [1.54, 1.807) is 0 Å². The molecule has 0 amide bonds. The van der Waals surface area contributed by atoms with E-state index in [1.807, 2.05) is 0 Å². The molecule has 1 aromatic rings. The Morgan fingerprint density at radius 3 is 2.23 bits per heavy atom. The second-order valence-electron chi connectivity index (χ2n) is 4.89. The molecule has 1 N–H and O–H groups in total. The van der Waals surface area contributed by atoms with Gasteiger partial charge in [-0.25, -0.2) is 0 Å². The largest absolute Gasteiger partial charge is 0.361 e. The van der Waals surface area contributed by atoms with Gasteiger partial charge in [0.25, 0.3) is 0 Å². The van der Waals surface area contributed by atoms with E-state index in [0.29, 0.717) is 0 Å². The van der Waals surface area contributed by atoms with Gasteiger partial charge in [-0.2, -0.15) is 0 Å². The van der Waals surface area contributed by atoms with Gasteiger partial charge in [-0.1, -0.05) is 20.8 Å². The summed E-state index contributed by atoms with van der Waals surface area (Å²) in [6.07, 6.45) is 0. The molecule has 0 spiro atoms. The van der Waals surface area contributed by atoms with Crippen LogP contribution in [0.15, 0.2) is 12.1 Å². The third-order valence-corrected chi connectivity index (χ3v) is 2.04. The Balaban J connectivity index is 2.75. The summed E-state index contributed by atoms with van der Waals surface area (Å²) in [5, 5.41) is 0. The lowest BCUT2D eigenvalue weighted by Crippen LogP contribution is -2.13. The molecule has 0 aliphatic rings. The van der Waals surface area contributed by atoms with Gasteiger partial charge in [0.15, 0.2) is 0 Å². The highest BCUT2D eigenvalue weighted by molar-refractivity contribution is 5.19. The molecular formula is C11H20N2. The highest BCUT2D eigenvalue weighted by Crippen LogP contribution is 2.21. The van der Waals surface area contributed by atoms with E-state index >= 15 is 0 Å². The Bertz CT molecular complexity index is 266. The van der Waals surface area contributed by atoms with Crippen LogP contribution in [-0.2, 0) is 12.0 Å². The zero-order valence-electron chi connectivity index (χ0n) is 9.31. The number of aromatic amines is 1. The molecule has 0 unspecified atom stereocenters. The van der Waals surface area contributed by atoms with E-state index in [-0.39, 0.29) is 5.41 Å². The zero-order valence-corrected chi connectivity index (χ0v) is 9.31. The fourth-order valence-corrected chi connectivity index (χ4v) is 1.31. The summed E-state index contributed by atoms with van der Waals surface area (Å²) in [6.45, 7) is 7.64. The quantitative estimate of drug-likeness (QED) is 0.740. The first kappa shape index (κ1) is 10.3. The summed E-state index contributed by atoms with van der Waals surface area (Å²) in [4.78, 5) is 5.61. The Morgan fingerprint density at radius 2 is 1.85 bits per heavy atom. The van der Waals surface area contributed by atoms with Crippen molar-refractivity contribution in [1.29, 1.82) is 0 Å². The van der Waals surface area contributed by atoms with Crippen LogP contribution in [0.2, 0.25) is 0 Å². The van der Waals surface area contributed by atoms with Gasteiger partial charge in [0, 0.05) is 23.3 Å². The molecule has 0 saturated carbocycles. The lowest BCUT2D eigenvalue weighted by atomic mass is 9.93. The van der Waals surface area contributed by atoms with Gasteiger partial charge in [0.05, 0.1) is 0 Å². The molecule has 0 aliphatic carbocycles. The van der Waals surface area contributed by atoms with Crippen LogP contribution in [0, 0.1) is 0 Å². The minimum atomic E-state index is 0.227. The molecule has 1 heterocycles. The van der Waals surface area contributed by atoms with E-state index in [4.69, 9.17) is 0 Å². The van der Waals surface area contributed by atoms with Crippen LogP contribution in [0.25, 0.3) is 0 Å². The monoisotopic (exact) mass is 180 g/mol. The normalized spacial score (nSPS) is 12.5. The molecule has 2 heteroatoms. The number of nitrogens with zero attached hydrogens (tertiary/aromatic N) is 1. The average Bonchev–Trinajstić information content (AvgIpc) is 2.32. The Morgan fingerprint density at radius 1 is 1.23 bits per heavy atom. The highest BCUT2D eigenvalue weighted by Gasteiger charge is 2.15. The van der Waals surface area contributed by atoms with Crippen molar-refractivity contribution in [2.75, 3.05) is 14.1 Å². The van der Waals surface area contributed by atoms with E-state index in [2.05, 4.69) is 56.9 Å². The number of rotatable bonds is 2. The van der Waals surface area contributed by atoms with Crippen molar-refractivity contribution in [2.45, 2.75) is 32.7 Å². The summed E-state index contributed by atoms with van der Waals surface area (Å²) < 4.78 is 0. The maximum atomic E-state index is 3.44. The first-order valence-electron chi connectivity index (χ1n) is 4.72. The molecular weight excluding hydrogens is 160 g/mol. The smallest absolute Gasteiger partial charge is 0.0379 e. The van der Waals surface area contributed by atoms with Crippen molar-refractivity contribution in [3.05, 3.63) is 23.5 Å². The number of H-pyrrole nitrogens is 1. The second kappa shape index (κ2) is 3.54. The number of hydrogen-bond donors (Lipinski definition) is 1. The zero-order chi connectivity index (χ0) is 10.1. The number of aromatic nitrogens is 1. The Labute approximate surface area is 81.0 Å². The van der Waals surface area contributed by atoms with Gasteiger partial charge in [-0.05, 0) is 26.2 Å². The van der Waals surface area contributed by atoms with Crippen molar-refractivity contribution in [3.8, 4) is 0 Å².